The summed E-state index contributed by atoms with van der Waals surface area (Å²) in [7, 11) is 1.72. The maximum absolute atomic E-state index is 5.15. The highest BCUT2D eigenvalue weighted by molar-refractivity contribution is 5.22. The molecule has 0 aliphatic heterocycles. The van der Waals surface area contributed by atoms with Crippen LogP contribution in [0.2, 0.25) is 0 Å². The monoisotopic (exact) mass is 273 g/mol. The van der Waals surface area contributed by atoms with Gasteiger partial charge in [0.2, 0.25) is 0 Å². The molecule has 0 saturated heterocycles. The third-order valence-electron chi connectivity index (χ3n) is 3.13. The number of aromatic nitrogens is 2. The second-order valence-corrected chi connectivity index (χ2v) is 5.24. The summed E-state index contributed by atoms with van der Waals surface area (Å²) in [6.45, 7) is 6.55. The third-order valence-corrected chi connectivity index (χ3v) is 3.13. The predicted octanol–water partition coefficient (Wildman–Crippen LogP) is 2.90. The van der Waals surface area contributed by atoms with Crippen LogP contribution < -0.4 is 5.32 Å². The summed E-state index contributed by atoms with van der Waals surface area (Å²) in [5.41, 5.74) is 3.55. The molecule has 0 amide bonds. The third kappa shape index (κ3) is 4.18. The van der Waals surface area contributed by atoms with Crippen LogP contribution in [0.15, 0.2) is 36.5 Å². The average molecular weight is 273 g/mol. The number of nitrogens with zero attached hydrogens (tertiary/aromatic N) is 2. The largest absolute Gasteiger partial charge is 0.380 e. The molecule has 0 aliphatic carbocycles. The van der Waals surface area contributed by atoms with Gasteiger partial charge in [-0.3, -0.25) is 4.68 Å². The minimum Gasteiger partial charge on any atom is -0.380 e. The fourth-order valence-electron chi connectivity index (χ4n) is 2.09. The molecule has 0 saturated carbocycles. The highest BCUT2D eigenvalue weighted by atomic mass is 16.5. The van der Waals surface area contributed by atoms with E-state index in [-0.39, 0.29) is 0 Å². The molecule has 0 bridgehead atoms. The number of hydrogen-bond donors (Lipinski definition) is 1. The maximum Gasteiger partial charge on any atom is 0.0762 e. The van der Waals surface area contributed by atoms with E-state index in [9.17, 15) is 0 Å². The van der Waals surface area contributed by atoms with Crippen molar-refractivity contribution in [3.63, 3.8) is 0 Å². The van der Waals surface area contributed by atoms with Crippen molar-refractivity contribution in [2.24, 2.45) is 0 Å². The first-order valence-electron chi connectivity index (χ1n) is 7.00. The number of nitrogens with one attached hydrogen (secondary N) is 1. The molecular weight excluding hydrogens is 250 g/mol. The van der Waals surface area contributed by atoms with E-state index in [0.717, 1.165) is 18.8 Å². The highest BCUT2D eigenvalue weighted by Crippen LogP contribution is 2.07. The minimum absolute atomic E-state index is 0.412. The molecule has 0 atom stereocenters. The Balaban J connectivity index is 1.84. The van der Waals surface area contributed by atoms with Gasteiger partial charge < -0.3 is 10.1 Å². The van der Waals surface area contributed by atoms with Gasteiger partial charge in [0.05, 0.1) is 12.3 Å². The van der Waals surface area contributed by atoms with E-state index in [4.69, 9.17) is 4.74 Å². The molecule has 0 unspecified atom stereocenters. The first-order valence-corrected chi connectivity index (χ1v) is 7.00. The molecule has 4 heteroatoms. The zero-order valence-electron chi connectivity index (χ0n) is 12.5. The Hall–Kier alpha value is -1.65. The minimum atomic E-state index is 0.412. The smallest absolute Gasteiger partial charge is 0.0762 e. The maximum atomic E-state index is 5.15. The standard InChI is InChI=1S/C16H23N3O/c1-13(2)19-8-7-16(18-19)11-17-10-14-5-4-6-15(9-14)12-20-3/h4-9,13,17H,10-12H2,1-3H3. The van der Waals surface area contributed by atoms with Crippen LogP contribution in [0.3, 0.4) is 0 Å². The number of benzene rings is 1. The van der Waals surface area contributed by atoms with E-state index >= 15 is 0 Å². The molecule has 1 heterocycles. The van der Waals surface area contributed by atoms with Crippen LogP contribution in [0.4, 0.5) is 0 Å². The molecule has 4 nitrogen and oxygen atoms in total. The van der Waals surface area contributed by atoms with E-state index in [2.05, 4.69) is 54.6 Å². The lowest BCUT2D eigenvalue weighted by molar-refractivity contribution is 0.185. The zero-order valence-corrected chi connectivity index (χ0v) is 12.5. The van der Waals surface area contributed by atoms with Gasteiger partial charge in [-0.1, -0.05) is 24.3 Å². The normalized spacial score (nSPS) is 11.2. The Morgan fingerprint density at radius 1 is 1.20 bits per heavy atom. The van der Waals surface area contributed by atoms with Crippen LogP contribution in [0.25, 0.3) is 0 Å². The number of methoxy groups -OCH3 is 1. The van der Waals surface area contributed by atoms with Gasteiger partial charge in [0.1, 0.15) is 0 Å². The molecule has 2 rings (SSSR count). The summed E-state index contributed by atoms with van der Waals surface area (Å²) in [5.74, 6) is 0. The predicted molar refractivity (Wildman–Crippen MR) is 80.3 cm³/mol. The molecule has 0 fully saturated rings. The molecule has 1 aromatic heterocycles. The summed E-state index contributed by atoms with van der Waals surface area (Å²) < 4.78 is 7.13. The van der Waals surface area contributed by atoms with Crippen LogP contribution in [0.5, 0.6) is 0 Å². The van der Waals surface area contributed by atoms with Crippen molar-refractivity contribution < 1.29 is 4.74 Å². The van der Waals surface area contributed by atoms with Crippen molar-refractivity contribution in [2.75, 3.05) is 7.11 Å². The summed E-state index contributed by atoms with van der Waals surface area (Å²) in [5, 5.41) is 7.95. The number of rotatable bonds is 7. The summed E-state index contributed by atoms with van der Waals surface area (Å²) in [6, 6.07) is 10.9. The van der Waals surface area contributed by atoms with E-state index in [1.807, 2.05) is 10.9 Å². The van der Waals surface area contributed by atoms with Gasteiger partial charge in [-0.25, -0.2) is 0 Å². The summed E-state index contributed by atoms with van der Waals surface area (Å²) in [4.78, 5) is 0. The Morgan fingerprint density at radius 2 is 2.00 bits per heavy atom. The first kappa shape index (κ1) is 14.8. The van der Waals surface area contributed by atoms with Gasteiger partial charge in [-0.15, -0.1) is 0 Å². The SMILES string of the molecule is COCc1cccc(CNCc2ccn(C(C)C)n2)c1. The van der Waals surface area contributed by atoms with E-state index in [1.165, 1.54) is 11.1 Å². The van der Waals surface area contributed by atoms with Crippen molar-refractivity contribution in [1.82, 2.24) is 15.1 Å². The molecule has 0 aliphatic rings. The van der Waals surface area contributed by atoms with Crippen LogP contribution in [0.1, 0.15) is 36.7 Å². The van der Waals surface area contributed by atoms with Gasteiger partial charge in [-0.05, 0) is 31.0 Å². The van der Waals surface area contributed by atoms with Crippen molar-refractivity contribution in [3.8, 4) is 0 Å². The fraction of sp³-hybridized carbons (Fsp3) is 0.438. The van der Waals surface area contributed by atoms with Gasteiger partial charge >= 0.3 is 0 Å². The topological polar surface area (TPSA) is 39.1 Å². The molecule has 0 spiro atoms. The second kappa shape index (κ2) is 7.22. The van der Waals surface area contributed by atoms with Crippen LogP contribution in [0, 0.1) is 0 Å². The molecule has 0 radical (unpaired) electrons. The van der Waals surface area contributed by atoms with E-state index in [0.29, 0.717) is 12.6 Å². The molecule has 20 heavy (non-hydrogen) atoms. The molecular formula is C16H23N3O. The zero-order chi connectivity index (χ0) is 14.4. The van der Waals surface area contributed by atoms with E-state index < -0.39 is 0 Å². The Morgan fingerprint density at radius 3 is 2.70 bits per heavy atom. The van der Waals surface area contributed by atoms with Crippen molar-refractivity contribution in [3.05, 3.63) is 53.3 Å². The average Bonchev–Trinajstić information content (AvgIpc) is 2.89. The molecule has 1 N–H and O–H groups in total. The van der Waals surface area contributed by atoms with Crippen molar-refractivity contribution >= 4 is 0 Å². The van der Waals surface area contributed by atoms with Crippen LogP contribution >= 0.6 is 0 Å². The Kier molecular flexibility index (Phi) is 5.32. The Bertz CT molecular complexity index is 534. The molecule has 108 valence electrons. The van der Waals surface area contributed by atoms with Gasteiger partial charge in [0, 0.05) is 32.4 Å². The van der Waals surface area contributed by atoms with Gasteiger partial charge in [-0.2, -0.15) is 5.10 Å². The van der Waals surface area contributed by atoms with Crippen LogP contribution in [-0.2, 0) is 24.4 Å². The lowest BCUT2D eigenvalue weighted by Crippen LogP contribution is -2.14. The first-order chi connectivity index (χ1) is 9.69. The van der Waals surface area contributed by atoms with Crippen LogP contribution in [-0.4, -0.2) is 16.9 Å². The number of ether oxygens (including phenoxy) is 1. The van der Waals surface area contributed by atoms with E-state index in [1.54, 1.807) is 7.11 Å². The number of hydrogen-bond acceptors (Lipinski definition) is 3. The highest BCUT2D eigenvalue weighted by Gasteiger charge is 2.02. The van der Waals surface area contributed by atoms with Gasteiger partial charge in [0.25, 0.3) is 0 Å². The quantitative estimate of drug-likeness (QED) is 0.843. The van der Waals surface area contributed by atoms with Crippen molar-refractivity contribution in [1.29, 1.82) is 0 Å². The molecule has 1 aromatic carbocycles. The Labute approximate surface area is 120 Å². The summed E-state index contributed by atoms with van der Waals surface area (Å²) >= 11 is 0. The second-order valence-electron chi connectivity index (χ2n) is 5.24. The summed E-state index contributed by atoms with van der Waals surface area (Å²) in [6.07, 6.45) is 2.03. The fourth-order valence-corrected chi connectivity index (χ4v) is 2.09. The lowest BCUT2D eigenvalue weighted by Gasteiger charge is -2.06. The lowest BCUT2D eigenvalue weighted by atomic mass is 10.1. The molecule has 2 aromatic rings. The van der Waals surface area contributed by atoms with Gasteiger partial charge in [0.15, 0.2) is 0 Å². The van der Waals surface area contributed by atoms with Crippen molar-refractivity contribution in [2.45, 2.75) is 39.6 Å².